The highest BCUT2D eigenvalue weighted by Crippen LogP contribution is 2.28. The van der Waals surface area contributed by atoms with Crippen LogP contribution in [0.15, 0.2) is 29.4 Å². The number of aliphatic hydroxyl groups excluding tert-OH is 1. The largest absolute Gasteiger partial charge is 0.396 e. The van der Waals surface area contributed by atoms with Crippen molar-refractivity contribution in [3.8, 4) is 0 Å². The zero-order valence-electron chi connectivity index (χ0n) is 11.3. The van der Waals surface area contributed by atoms with Gasteiger partial charge in [0, 0.05) is 25.9 Å². The third-order valence-electron chi connectivity index (χ3n) is 3.86. The van der Waals surface area contributed by atoms with E-state index in [1.807, 2.05) is 0 Å². The maximum atomic E-state index is 12.8. The van der Waals surface area contributed by atoms with Gasteiger partial charge in [0.15, 0.2) is 10.2 Å². The van der Waals surface area contributed by atoms with Crippen molar-refractivity contribution in [3.05, 3.63) is 29.5 Å². The maximum absolute atomic E-state index is 12.8. The summed E-state index contributed by atoms with van der Waals surface area (Å²) in [5.41, 5.74) is 0.506. The number of nitrogens with zero attached hydrogens (tertiary/aromatic N) is 3. The number of aliphatic hydroxyl groups is 1. The molecule has 3 rings (SSSR count). The normalized spacial score (nSPS) is 18.4. The topological polar surface area (TPSA) is 74.9 Å². The van der Waals surface area contributed by atoms with Crippen molar-refractivity contribution < 1.29 is 13.5 Å². The molecule has 8 heteroatoms. The molecule has 2 aromatic rings. The third kappa shape index (κ3) is 2.55. The lowest BCUT2D eigenvalue weighted by Gasteiger charge is -2.30. The van der Waals surface area contributed by atoms with Crippen LogP contribution in [0.4, 0.5) is 0 Å². The van der Waals surface area contributed by atoms with Crippen molar-refractivity contribution in [2.75, 3.05) is 19.7 Å². The molecular weight excluding hydrogens is 314 g/mol. The van der Waals surface area contributed by atoms with E-state index in [0.29, 0.717) is 31.6 Å². The molecule has 0 atom stereocenters. The van der Waals surface area contributed by atoms with Crippen LogP contribution in [0.25, 0.3) is 5.65 Å². The number of halogens is 1. The molecule has 2 aromatic heterocycles. The average molecular weight is 330 g/mol. The fraction of sp³-hybridized carbons (Fsp3) is 0.462. The van der Waals surface area contributed by atoms with Crippen molar-refractivity contribution >= 4 is 27.3 Å². The molecule has 0 saturated carbocycles. The number of imidazole rings is 1. The van der Waals surface area contributed by atoms with Gasteiger partial charge in [-0.25, -0.2) is 13.4 Å². The Bertz CT molecular complexity index is 751. The second-order valence-corrected chi connectivity index (χ2v) is 7.38. The minimum absolute atomic E-state index is 0.00881. The molecule has 1 N–H and O–H groups in total. The van der Waals surface area contributed by atoms with Crippen LogP contribution in [-0.2, 0) is 10.0 Å². The first-order valence-electron chi connectivity index (χ1n) is 6.77. The number of hydrogen-bond acceptors (Lipinski definition) is 4. The van der Waals surface area contributed by atoms with Crippen LogP contribution in [0.5, 0.6) is 0 Å². The van der Waals surface area contributed by atoms with Crippen LogP contribution in [0.2, 0.25) is 5.15 Å². The summed E-state index contributed by atoms with van der Waals surface area (Å²) < 4.78 is 28.5. The van der Waals surface area contributed by atoms with Crippen molar-refractivity contribution in [3.63, 3.8) is 0 Å². The molecule has 1 aliphatic rings. The number of fused-ring (bicyclic) bond motifs is 1. The first kappa shape index (κ1) is 14.8. The molecule has 0 unspecified atom stereocenters. The van der Waals surface area contributed by atoms with E-state index in [1.54, 1.807) is 24.4 Å². The van der Waals surface area contributed by atoms with Gasteiger partial charge < -0.3 is 5.11 Å². The Kier molecular flexibility index (Phi) is 3.92. The summed E-state index contributed by atoms with van der Waals surface area (Å²) in [5.74, 6) is 0.175. The molecule has 0 aromatic carbocycles. The zero-order chi connectivity index (χ0) is 15.0. The lowest BCUT2D eigenvalue weighted by Crippen LogP contribution is -2.39. The quantitative estimate of drug-likeness (QED) is 0.923. The Labute approximate surface area is 128 Å². The summed E-state index contributed by atoms with van der Waals surface area (Å²) in [6.45, 7) is 0.887. The molecule has 21 heavy (non-hydrogen) atoms. The average Bonchev–Trinajstić information content (AvgIpc) is 2.83. The van der Waals surface area contributed by atoms with Crippen LogP contribution in [0.1, 0.15) is 12.8 Å². The summed E-state index contributed by atoms with van der Waals surface area (Å²) in [7, 11) is -3.69. The molecule has 0 aliphatic carbocycles. The van der Waals surface area contributed by atoms with Gasteiger partial charge in [-0.3, -0.25) is 4.40 Å². The smallest absolute Gasteiger partial charge is 0.262 e. The molecule has 3 heterocycles. The Balaban J connectivity index is 1.99. The molecule has 1 aliphatic heterocycles. The van der Waals surface area contributed by atoms with Gasteiger partial charge in [-0.1, -0.05) is 17.7 Å². The van der Waals surface area contributed by atoms with E-state index in [4.69, 9.17) is 16.7 Å². The molecule has 114 valence electrons. The summed E-state index contributed by atoms with van der Waals surface area (Å²) in [5, 5.41) is 9.15. The third-order valence-corrected chi connectivity index (χ3v) is 6.16. The SMILES string of the molecule is O=S(=O)(c1c(Cl)nc2ccccn12)N1CCC(CO)CC1. The molecule has 0 spiro atoms. The predicted octanol–water partition coefficient (Wildman–Crippen LogP) is 1.38. The standard InChI is InChI=1S/C13H16ClN3O3S/c14-12-13(17-6-2-1-3-11(17)15-12)21(19,20)16-7-4-10(9-18)5-8-16/h1-3,6,10,18H,4-5,7-9H2. The van der Waals surface area contributed by atoms with E-state index in [9.17, 15) is 8.42 Å². The second kappa shape index (κ2) is 5.57. The fourth-order valence-corrected chi connectivity index (χ4v) is 4.70. The first-order chi connectivity index (χ1) is 10.0. The fourth-order valence-electron chi connectivity index (χ4n) is 2.63. The van der Waals surface area contributed by atoms with Gasteiger partial charge in [0.05, 0.1) is 0 Å². The second-order valence-electron chi connectivity index (χ2n) is 5.17. The molecule has 1 saturated heterocycles. The number of piperidine rings is 1. The molecular formula is C13H16ClN3O3S. The maximum Gasteiger partial charge on any atom is 0.262 e. The van der Waals surface area contributed by atoms with Crippen LogP contribution >= 0.6 is 11.6 Å². The van der Waals surface area contributed by atoms with Gasteiger partial charge in [-0.05, 0) is 30.9 Å². The van der Waals surface area contributed by atoms with Gasteiger partial charge >= 0.3 is 0 Å². The Morgan fingerprint density at radius 2 is 2.05 bits per heavy atom. The van der Waals surface area contributed by atoms with Gasteiger partial charge in [-0.2, -0.15) is 4.31 Å². The van der Waals surface area contributed by atoms with Gasteiger partial charge in [0.2, 0.25) is 0 Å². The number of rotatable bonds is 3. The first-order valence-corrected chi connectivity index (χ1v) is 8.59. The number of aromatic nitrogens is 2. The van der Waals surface area contributed by atoms with Crippen LogP contribution in [0.3, 0.4) is 0 Å². The molecule has 0 amide bonds. The summed E-state index contributed by atoms with van der Waals surface area (Å²) >= 11 is 6.05. The van der Waals surface area contributed by atoms with E-state index < -0.39 is 10.0 Å². The van der Waals surface area contributed by atoms with Crippen LogP contribution in [-0.4, -0.2) is 46.9 Å². The van der Waals surface area contributed by atoms with Crippen molar-refractivity contribution in [1.82, 2.24) is 13.7 Å². The number of hydrogen-bond donors (Lipinski definition) is 1. The van der Waals surface area contributed by atoms with E-state index >= 15 is 0 Å². The van der Waals surface area contributed by atoms with Gasteiger partial charge in [0.1, 0.15) is 5.65 Å². The van der Waals surface area contributed by atoms with E-state index in [2.05, 4.69) is 4.98 Å². The van der Waals surface area contributed by atoms with E-state index in [0.717, 1.165) is 0 Å². The molecule has 1 fully saturated rings. The van der Waals surface area contributed by atoms with Crippen LogP contribution < -0.4 is 0 Å². The number of sulfonamides is 1. The molecule has 0 bridgehead atoms. The predicted molar refractivity (Wildman–Crippen MR) is 78.8 cm³/mol. The van der Waals surface area contributed by atoms with Gasteiger partial charge in [0.25, 0.3) is 10.0 Å². The Morgan fingerprint density at radius 3 is 2.71 bits per heavy atom. The minimum atomic E-state index is -3.69. The summed E-state index contributed by atoms with van der Waals surface area (Å²) in [6.07, 6.45) is 2.95. The Morgan fingerprint density at radius 1 is 1.33 bits per heavy atom. The van der Waals surface area contributed by atoms with Crippen molar-refractivity contribution in [2.24, 2.45) is 5.92 Å². The lowest BCUT2D eigenvalue weighted by molar-refractivity contribution is 0.170. The number of pyridine rings is 1. The molecule has 0 radical (unpaired) electrons. The summed E-state index contributed by atoms with van der Waals surface area (Å²) in [4.78, 5) is 4.09. The van der Waals surface area contributed by atoms with E-state index in [-0.39, 0.29) is 22.7 Å². The van der Waals surface area contributed by atoms with Crippen LogP contribution in [0, 0.1) is 5.92 Å². The highest BCUT2D eigenvalue weighted by Gasteiger charge is 2.33. The van der Waals surface area contributed by atoms with E-state index in [1.165, 1.54) is 8.71 Å². The zero-order valence-corrected chi connectivity index (χ0v) is 12.9. The highest BCUT2D eigenvalue weighted by atomic mass is 35.5. The van der Waals surface area contributed by atoms with Gasteiger partial charge in [-0.15, -0.1) is 0 Å². The summed E-state index contributed by atoms with van der Waals surface area (Å²) in [6, 6.07) is 5.23. The monoisotopic (exact) mass is 329 g/mol. The lowest BCUT2D eigenvalue weighted by atomic mass is 10.00. The highest BCUT2D eigenvalue weighted by molar-refractivity contribution is 7.89. The van der Waals surface area contributed by atoms with Crippen molar-refractivity contribution in [2.45, 2.75) is 17.9 Å². The van der Waals surface area contributed by atoms with Crippen molar-refractivity contribution in [1.29, 1.82) is 0 Å². The Hall–Kier alpha value is -1.15. The minimum Gasteiger partial charge on any atom is -0.396 e. The molecule has 6 nitrogen and oxygen atoms in total.